The van der Waals surface area contributed by atoms with Gasteiger partial charge < -0.3 is 10.5 Å². The number of ether oxygens (including phenoxy) is 1. The summed E-state index contributed by atoms with van der Waals surface area (Å²) >= 11 is 5.91. The summed E-state index contributed by atoms with van der Waals surface area (Å²) in [5.74, 6) is 1.14. The van der Waals surface area contributed by atoms with Crippen molar-refractivity contribution in [2.24, 2.45) is 5.73 Å². The van der Waals surface area contributed by atoms with Gasteiger partial charge in [-0.05, 0) is 48.9 Å². The fraction of sp³-hybridized carbons (Fsp3) is 0.250. The molecule has 0 unspecified atom stereocenters. The fourth-order valence-corrected chi connectivity index (χ4v) is 4.16. The maximum Gasteiger partial charge on any atom is 0.243 e. The lowest BCUT2D eigenvalue weighted by Gasteiger charge is -2.16. The molecule has 0 spiro atoms. The Bertz CT molecular complexity index is 797. The Hall–Kier alpha value is -1.31. The Balaban J connectivity index is 0.00000208. The first-order chi connectivity index (χ1) is 10.9. The van der Waals surface area contributed by atoms with E-state index in [1.807, 2.05) is 0 Å². The van der Waals surface area contributed by atoms with Gasteiger partial charge in [0.25, 0.3) is 0 Å². The van der Waals surface area contributed by atoms with E-state index in [-0.39, 0.29) is 23.3 Å². The van der Waals surface area contributed by atoms with Crippen molar-refractivity contribution < 1.29 is 13.2 Å². The van der Waals surface area contributed by atoms with Gasteiger partial charge in [-0.15, -0.1) is 12.4 Å². The zero-order valence-corrected chi connectivity index (χ0v) is 15.2. The maximum atomic E-state index is 12.5. The minimum absolute atomic E-state index is 0. The second-order valence-corrected chi connectivity index (χ2v) is 7.82. The smallest absolute Gasteiger partial charge is 0.243 e. The molecule has 130 valence electrons. The van der Waals surface area contributed by atoms with Crippen LogP contribution >= 0.6 is 24.0 Å². The molecular formula is C16H18Cl2N2O3S. The van der Waals surface area contributed by atoms with Crippen LogP contribution in [0.5, 0.6) is 11.5 Å². The molecule has 0 saturated carbocycles. The molecular weight excluding hydrogens is 371 g/mol. The number of rotatable bonds is 4. The molecule has 8 heteroatoms. The van der Waals surface area contributed by atoms with Crippen molar-refractivity contribution in [1.29, 1.82) is 0 Å². The standard InChI is InChI=1S/C16H17ClN2O3S.ClH/c17-12-2-1-3-15(10-12)22-14-4-6-16(7-5-14)23(20,21)19-9-8-13(18)11-19;/h1-7,10,13H,8-9,11,18H2;1H/t13-;/m1./s1. The second kappa shape index (κ2) is 7.72. The Morgan fingerprint density at radius 1 is 1.12 bits per heavy atom. The number of nitrogens with zero attached hydrogens (tertiary/aromatic N) is 1. The van der Waals surface area contributed by atoms with Crippen molar-refractivity contribution in [3.8, 4) is 11.5 Å². The molecule has 1 aliphatic heterocycles. The number of sulfonamides is 1. The van der Waals surface area contributed by atoms with Crippen molar-refractivity contribution in [1.82, 2.24) is 4.31 Å². The van der Waals surface area contributed by atoms with Crippen LogP contribution in [0.4, 0.5) is 0 Å². The molecule has 1 aliphatic rings. The van der Waals surface area contributed by atoms with Crippen LogP contribution in [-0.4, -0.2) is 31.9 Å². The van der Waals surface area contributed by atoms with Crippen LogP contribution in [0, 0.1) is 0 Å². The molecule has 2 aromatic carbocycles. The Kier molecular flexibility index (Phi) is 6.11. The van der Waals surface area contributed by atoms with Gasteiger partial charge in [0.1, 0.15) is 11.5 Å². The van der Waals surface area contributed by atoms with E-state index in [1.54, 1.807) is 48.5 Å². The van der Waals surface area contributed by atoms with Gasteiger partial charge in [-0.2, -0.15) is 4.31 Å². The second-order valence-electron chi connectivity index (χ2n) is 5.44. The van der Waals surface area contributed by atoms with Crippen LogP contribution in [0.1, 0.15) is 6.42 Å². The van der Waals surface area contributed by atoms with E-state index < -0.39 is 10.0 Å². The Morgan fingerprint density at radius 3 is 2.42 bits per heavy atom. The number of hydrogen-bond donors (Lipinski definition) is 1. The number of nitrogens with two attached hydrogens (primary N) is 1. The van der Waals surface area contributed by atoms with Gasteiger partial charge in [0, 0.05) is 24.2 Å². The third kappa shape index (κ3) is 4.20. The number of benzene rings is 2. The highest BCUT2D eigenvalue weighted by Crippen LogP contribution is 2.27. The zero-order chi connectivity index (χ0) is 16.4. The normalized spacial score (nSPS) is 18.2. The van der Waals surface area contributed by atoms with Crippen molar-refractivity contribution in [2.45, 2.75) is 17.4 Å². The van der Waals surface area contributed by atoms with Gasteiger partial charge in [-0.3, -0.25) is 0 Å². The van der Waals surface area contributed by atoms with E-state index in [1.165, 1.54) is 4.31 Å². The summed E-state index contributed by atoms with van der Waals surface area (Å²) in [6.07, 6.45) is 0.690. The van der Waals surface area contributed by atoms with E-state index >= 15 is 0 Å². The summed E-state index contributed by atoms with van der Waals surface area (Å²) in [6.45, 7) is 0.827. The van der Waals surface area contributed by atoms with Crippen LogP contribution in [-0.2, 0) is 10.0 Å². The molecule has 1 fully saturated rings. The first-order valence-corrected chi connectivity index (χ1v) is 9.06. The lowest BCUT2D eigenvalue weighted by atomic mass is 10.3. The van der Waals surface area contributed by atoms with Gasteiger partial charge >= 0.3 is 0 Å². The molecule has 1 heterocycles. The van der Waals surface area contributed by atoms with Gasteiger partial charge in [0.05, 0.1) is 4.90 Å². The summed E-state index contributed by atoms with van der Waals surface area (Å²) in [5, 5.41) is 0.576. The molecule has 0 amide bonds. The van der Waals surface area contributed by atoms with E-state index in [9.17, 15) is 8.42 Å². The van der Waals surface area contributed by atoms with E-state index in [0.717, 1.165) is 0 Å². The summed E-state index contributed by atoms with van der Waals surface area (Å²) in [7, 11) is -3.49. The SMILES string of the molecule is Cl.N[C@@H]1CCN(S(=O)(=O)c2ccc(Oc3cccc(Cl)c3)cc2)C1. The zero-order valence-electron chi connectivity index (χ0n) is 12.8. The maximum absolute atomic E-state index is 12.5. The highest BCUT2D eigenvalue weighted by Gasteiger charge is 2.30. The van der Waals surface area contributed by atoms with Gasteiger partial charge in [-0.1, -0.05) is 17.7 Å². The highest BCUT2D eigenvalue weighted by molar-refractivity contribution is 7.89. The number of halogens is 2. The van der Waals surface area contributed by atoms with E-state index in [2.05, 4.69) is 0 Å². The third-order valence-corrected chi connectivity index (χ3v) is 5.80. The predicted molar refractivity (Wildman–Crippen MR) is 96.6 cm³/mol. The average molecular weight is 389 g/mol. The van der Waals surface area contributed by atoms with Gasteiger partial charge in [0.2, 0.25) is 10.0 Å². The third-order valence-electron chi connectivity index (χ3n) is 3.68. The Labute approximate surface area is 152 Å². The minimum Gasteiger partial charge on any atom is -0.457 e. The summed E-state index contributed by atoms with van der Waals surface area (Å²) in [4.78, 5) is 0.241. The quantitative estimate of drug-likeness (QED) is 0.871. The summed E-state index contributed by atoms with van der Waals surface area (Å²) in [5.41, 5.74) is 5.79. The molecule has 3 rings (SSSR count). The fourth-order valence-electron chi connectivity index (χ4n) is 2.47. The first-order valence-electron chi connectivity index (χ1n) is 7.24. The molecule has 2 N–H and O–H groups in total. The molecule has 0 radical (unpaired) electrons. The molecule has 1 saturated heterocycles. The molecule has 0 bridgehead atoms. The summed E-state index contributed by atoms with van der Waals surface area (Å²) in [6, 6.07) is 13.3. The monoisotopic (exact) mass is 388 g/mol. The first kappa shape index (κ1) is 19.0. The van der Waals surface area contributed by atoms with Gasteiger partial charge in [0.15, 0.2) is 0 Å². The van der Waals surface area contributed by atoms with Crippen molar-refractivity contribution in [3.63, 3.8) is 0 Å². The molecule has 0 aliphatic carbocycles. The van der Waals surface area contributed by atoms with Crippen LogP contribution in [0.2, 0.25) is 5.02 Å². The molecule has 2 aromatic rings. The van der Waals surface area contributed by atoms with E-state index in [4.69, 9.17) is 22.1 Å². The predicted octanol–water partition coefficient (Wildman–Crippen LogP) is 3.28. The minimum atomic E-state index is -3.49. The lowest BCUT2D eigenvalue weighted by Crippen LogP contribution is -2.31. The topological polar surface area (TPSA) is 72.6 Å². The number of hydrogen-bond acceptors (Lipinski definition) is 4. The van der Waals surface area contributed by atoms with Crippen LogP contribution < -0.4 is 10.5 Å². The summed E-state index contributed by atoms with van der Waals surface area (Å²) < 4.78 is 32.1. The van der Waals surface area contributed by atoms with E-state index in [0.29, 0.717) is 36.0 Å². The van der Waals surface area contributed by atoms with Crippen molar-refractivity contribution >= 4 is 34.0 Å². The van der Waals surface area contributed by atoms with Crippen LogP contribution in [0.25, 0.3) is 0 Å². The molecule has 5 nitrogen and oxygen atoms in total. The van der Waals surface area contributed by atoms with Crippen molar-refractivity contribution in [2.75, 3.05) is 13.1 Å². The average Bonchev–Trinajstić information content (AvgIpc) is 2.95. The lowest BCUT2D eigenvalue weighted by molar-refractivity contribution is 0.471. The molecule has 0 aromatic heterocycles. The molecule has 1 atom stereocenters. The molecule has 24 heavy (non-hydrogen) atoms. The van der Waals surface area contributed by atoms with Crippen molar-refractivity contribution in [3.05, 3.63) is 53.6 Å². The van der Waals surface area contributed by atoms with Gasteiger partial charge in [-0.25, -0.2) is 8.42 Å². The highest BCUT2D eigenvalue weighted by atomic mass is 35.5. The van der Waals surface area contributed by atoms with Crippen LogP contribution in [0.3, 0.4) is 0 Å². The largest absolute Gasteiger partial charge is 0.457 e. The Morgan fingerprint density at radius 2 is 1.83 bits per heavy atom. The van der Waals surface area contributed by atoms with Crippen LogP contribution in [0.15, 0.2) is 53.4 Å².